The van der Waals surface area contributed by atoms with Crippen LogP contribution in [0.1, 0.15) is 39.5 Å². The van der Waals surface area contributed by atoms with E-state index in [-0.39, 0.29) is 11.3 Å². The minimum absolute atomic E-state index is 0.225. The zero-order valence-corrected chi connectivity index (χ0v) is 8.01. The van der Waals surface area contributed by atoms with Gasteiger partial charge in [0.1, 0.15) is 0 Å². The van der Waals surface area contributed by atoms with Crippen LogP contribution in [0.25, 0.3) is 0 Å². The third-order valence-corrected chi connectivity index (χ3v) is 2.66. The second-order valence-corrected chi connectivity index (χ2v) is 3.94. The van der Waals surface area contributed by atoms with Gasteiger partial charge in [0.15, 0.2) is 0 Å². The normalized spacial score (nSPS) is 33.6. The molecule has 1 saturated carbocycles. The number of allylic oxidation sites excluding steroid dienone is 2. The first-order chi connectivity index (χ1) is 5.73. The number of nitriles is 1. The summed E-state index contributed by atoms with van der Waals surface area (Å²) in [6.07, 6.45) is 9.22. The summed E-state index contributed by atoms with van der Waals surface area (Å²) >= 11 is 0. The molecule has 2 unspecified atom stereocenters. The molecule has 0 saturated heterocycles. The molecule has 0 radical (unpaired) electrons. The van der Waals surface area contributed by atoms with Crippen molar-refractivity contribution in [3.05, 3.63) is 12.2 Å². The molecule has 0 bridgehead atoms. The summed E-state index contributed by atoms with van der Waals surface area (Å²) in [5, 5.41) is 8.66. The summed E-state index contributed by atoms with van der Waals surface area (Å²) in [6.45, 7) is 4.37. The van der Waals surface area contributed by atoms with Crippen molar-refractivity contribution >= 4 is 0 Å². The van der Waals surface area contributed by atoms with Crippen molar-refractivity contribution in [2.24, 2.45) is 11.3 Å². The molecule has 0 N–H and O–H groups in total. The van der Waals surface area contributed by atoms with Gasteiger partial charge in [-0.05, 0) is 12.8 Å². The predicted octanol–water partition coefficient (Wildman–Crippen LogP) is 3.28. The number of rotatable bonds is 4. The smallest absolute Gasteiger partial charge is 0.0665 e. The largest absolute Gasteiger partial charge is 0.198 e. The highest BCUT2D eigenvalue weighted by Gasteiger charge is 2.48. The van der Waals surface area contributed by atoms with Gasteiger partial charge in [0.05, 0.1) is 12.0 Å². The molecule has 1 rings (SSSR count). The lowest BCUT2D eigenvalue weighted by Gasteiger charge is -1.98. The molecule has 2 atom stereocenters. The molecular weight excluding hydrogens is 146 g/mol. The molecule has 1 fully saturated rings. The third kappa shape index (κ3) is 2.11. The Labute approximate surface area is 75.1 Å². The first kappa shape index (κ1) is 9.32. The van der Waals surface area contributed by atoms with Crippen LogP contribution in [0, 0.1) is 22.7 Å². The Kier molecular flexibility index (Phi) is 2.92. The molecule has 0 spiro atoms. The van der Waals surface area contributed by atoms with Gasteiger partial charge >= 0.3 is 0 Å². The van der Waals surface area contributed by atoms with Crippen LogP contribution in [0.2, 0.25) is 0 Å². The van der Waals surface area contributed by atoms with E-state index in [1.54, 1.807) is 0 Å². The van der Waals surface area contributed by atoms with Crippen molar-refractivity contribution in [2.45, 2.75) is 39.5 Å². The highest BCUT2D eigenvalue weighted by molar-refractivity contribution is 5.19. The van der Waals surface area contributed by atoms with Crippen LogP contribution in [0.3, 0.4) is 0 Å². The first-order valence-corrected chi connectivity index (χ1v) is 4.80. The number of hydrogen-bond acceptors (Lipinski definition) is 1. The summed E-state index contributed by atoms with van der Waals surface area (Å²) < 4.78 is 0. The van der Waals surface area contributed by atoms with Gasteiger partial charge in [-0.2, -0.15) is 5.26 Å². The van der Waals surface area contributed by atoms with E-state index in [1.165, 1.54) is 19.3 Å². The fourth-order valence-electron chi connectivity index (χ4n) is 1.43. The van der Waals surface area contributed by atoms with Crippen molar-refractivity contribution in [3.8, 4) is 6.07 Å². The molecule has 12 heavy (non-hydrogen) atoms. The lowest BCUT2D eigenvalue weighted by Crippen LogP contribution is -1.89. The van der Waals surface area contributed by atoms with E-state index < -0.39 is 0 Å². The number of nitrogens with zero attached hydrogens (tertiary/aromatic N) is 1. The summed E-state index contributed by atoms with van der Waals surface area (Å²) in [5.41, 5.74) is 0.225. The maximum Gasteiger partial charge on any atom is 0.0665 e. The molecule has 0 aromatic rings. The van der Waals surface area contributed by atoms with E-state index in [4.69, 9.17) is 5.26 Å². The van der Waals surface area contributed by atoms with Crippen molar-refractivity contribution in [3.63, 3.8) is 0 Å². The fourth-order valence-corrected chi connectivity index (χ4v) is 1.43. The molecule has 1 heteroatoms. The third-order valence-electron chi connectivity index (χ3n) is 2.66. The fraction of sp³-hybridized carbons (Fsp3) is 0.727. The monoisotopic (exact) mass is 163 g/mol. The van der Waals surface area contributed by atoms with Crippen LogP contribution in [0.5, 0.6) is 0 Å². The van der Waals surface area contributed by atoms with Gasteiger partial charge in [-0.3, -0.25) is 0 Å². The molecule has 0 aromatic heterocycles. The lowest BCUT2D eigenvalue weighted by molar-refractivity contribution is 0.693. The quantitative estimate of drug-likeness (QED) is 0.461. The van der Waals surface area contributed by atoms with Crippen LogP contribution in [-0.4, -0.2) is 0 Å². The summed E-state index contributed by atoms with van der Waals surface area (Å²) in [6, 6.07) is 2.32. The van der Waals surface area contributed by atoms with E-state index in [9.17, 15) is 0 Å². The number of unbranched alkanes of at least 4 members (excludes halogenated alkanes) is 2. The Bertz CT molecular complexity index is 212. The molecule has 1 aliphatic carbocycles. The standard InChI is InChI=1S/C11H17N/c1-3-4-5-6-7-11(2)8-10(11)9-12/h6-7,10H,3-5,8H2,1-2H3. The van der Waals surface area contributed by atoms with Crippen molar-refractivity contribution < 1.29 is 0 Å². The maximum atomic E-state index is 8.66. The predicted molar refractivity (Wildman–Crippen MR) is 50.5 cm³/mol. The zero-order chi connectivity index (χ0) is 9.03. The van der Waals surface area contributed by atoms with Gasteiger partial charge in [0.2, 0.25) is 0 Å². The van der Waals surface area contributed by atoms with Crippen LogP contribution in [-0.2, 0) is 0 Å². The Morgan fingerprint density at radius 2 is 2.42 bits per heavy atom. The van der Waals surface area contributed by atoms with E-state index in [1.807, 2.05) is 0 Å². The van der Waals surface area contributed by atoms with Gasteiger partial charge in [-0.15, -0.1) is 0 Å². The molecule has 0 amide bonds. The van der Waals surface area contributed by atoms with E-state index in [2.05, 4.69) is 32.1 Å². The van der Waals surface area contributed by atoms with Crippen LogP contribution < -0.4 is 0 Å². The van der Waals surface area contributed by atoms with E-state index >= 15 is 0 Å². The molecule has 1 aliphatic rings. The molecular formula is C11H17N. The highest BCUT2D eigenvalue weighted by atomic mass is 14.5. The van der Waals surface area contributed by atoms with Gasteiger partial charge in [0, 0.05) is 5.41 Å². The second-order valence-electron chi connectivity index (χ2n) is 3.94. The van der Waals surface area contributed by atoms with Gasteiger partial charge in [-0.25, -0.2) is 0 Å². The zero-order valence-electron chi connectivity index (χ0n) is 8.01. The van der Waals surface area contributed by atoms with Crippen molar-refractivity contribution in [2.75, 3.05) is 0 Å². The minimum atomic E-state index is 0.225. The first-order valence-electron chi connectivity index (χ1n) is 4.80. The second kappa shape index (κ2) is 3.76. The lowest BCUT2D eigenvalue weighted by atomic mass is 10.1. The van der Waals surface area contributed by atoms with Gasteiger partial charge in [0.25, 0.3) is 0 Å². The van der Waals surface area contributed by atoms with Crippen LogP contribution in [0.15, 0.2) is 12.2 Å². The molecule has 66 valence electrons. The van der Waals surface area contributed by atoms with Crippen molar-refractivity contribution in [1.82, 2.24) is 0 Å². The van der Waals surface area contributed by atoms with Gasteiger partial charge in [-0.1, -0.05) is 38.8 Å². The SMILES string of the molecule is CCCCC=CC1(C)CC1C#N. The molecule has 0 aromatic carbocycles. The molecule has 1 nitrogen and oxygen atoms in total. The summed E-state index contributed by atoms with van der Waals surface area (Å²) in [5.74, 6) is 0.287. The maximum absolute atomic E-state index is 8.66. The molecule has 0 heterocycles. The average Bonchev–Trinajstić information content (AvgIpc) is 2.72. The highest BCUT2D eigenvalue weighted by Crippen LogP contribution is 2.52. The minimum Gasteiger partial charge on any atom is -0.198 e. The summed E-state index contributed by atoms with van der Waals surface area (Å²) in [7, 11) is 0. The van der Waals surface area contributed by atoms with Gasteiger partial charge < -0.3 is 0 Å². The number of hydrogen-bond donors (Lipinski definition) is 0. The molecule has 0 aliphatic heterocycles. The Morgan fingerprint density at radius 3 is 2.92 bits per heavy atom. The Morgan fingerprint density at radius 1 is 1.67 bits per heavy atom. The van der Waals surface area contributed by atoms with Crippen LogP contribution in [0.4, 0.5) is 0 Å². The van der Waals surface area contributed by atoms with Crippen molar-refractivity contribution in [1.29, 1.82) is 5.26 Å². The van der Waals surface area contributed by atoms with E-state index in [0.717, 1.165) is 6.42 Å². The Hall–Kier alpha value is -0.770. The topological polar surface area (TPSA) is 23.8 Å². The Balaban J connectivity index is 2.24. The average molecular weight is 163 g/mol. The van der Waals surface area contributed by atoms with Crippen LogP contribution >= 0.6 is 0 Å². The van der Waals surface area contributed by atoms with E-state index in [0.29, 0.717) is 0 Å². The summed E-state index contributed by atoms with van der Waals surface area (Å²) in [4.78, 5) is 0.